The summed E-state index contributed by atoms with van der Waals surface area (Å²) < 4.78 is 0. The number of rotatable bonds is 5. The van der Waals surface area contributed by atoms with Gasteiger partial charge in [-0.1, -0.05) is 51.1 Å². The van der Waals surface area contributed by atoms with Gasteiger partial charge in [-0.3, -0.25) is 25.3 Å². The number of carbonyl (C=O) groups is 3. The molecule has 0 radical (unpaired) electrons. The van der Waals surface area contributed by atoms with Gasteiger partial charge in [0.25, 0.3) is 5.91 Å². The minimum Gasteiger partial charge on any atom is -0.465 e. The SMILES string of the molecule is CC(C)(C)C1(NC(=O)c2cc(-c3ccccc3)sc2NC(=O)Nc2cnccn2)CCCCN1C(=O)O. The van der Waals surface area contributed by atoms with Crippen LogP contribution in [-0.4, -0.2) is 50.2 Å². The summed E-state index contributed by atoms with van der Waals surface area (Å²) in [4.78, 5) is 48.9. The van der Waals surface area contributed by atoms with Crippen molar-refractivity contribution in [3.63, 3.8) is 0 Å². The van der Waals surface area contributed by atoms with Crippen LogP contribution in [0, 0.1) is 5.41 Å². The third kappa shape index (κ3) is 5.56. The molecule has 1 atom stereocenters. The Hall–Kier alpha value is -3.99. The van der Waals surface area contributed by atoms with Crippen molar-refractivity contribution >= 4 is 40.2 Å². The zero-order chi connectivity index (χ0) is 26.6. The molecule has 11 heteroatoms. The van der Waals surface area contributed by atoms with Crippen LogP contribution in [0.25, 0.3) is 10.4 Å². The number of anilines is 2. The van der Waals surface area contributed by atoms with E-state index in [0.29, 0.717) is 18.0 Å². The van der Waals surface area contributed by atoms with Crippen LogP contribution in [0.2, 0.25) is 0 Å². The van der Waals surface area contributed by atoms with E-state index in [1.165, 1.54) is 34.8 Å². The van der Waals surface area contributed by atoms with E-state index in [4.69, 9.17) is 0 Å². The number of nitrogens with zero attached hydrogens (tertiary/aromatic N) is 3. The van der Waals surface area contributed by atoms with Crippen molar-refractivity contribution in [1.82, 2.24) is 20.2 Å². The first-order valence-corrected chi connectivity index (χ1v) is 12.8. The number of benzene rings is 1. The number of carboxylic acid groups (broad SMARTS) is 1. The van der Waals surface area contributed by atoms with Gasteiger partial charge in [0, 0.05) is 29.2 Å². The monoisotopic (exact) mass is 522 g/mol. The highest BCUT2D eigenvalue weighted by Crippen LogP contribution is 2.42. The minimum absolute atomic E-state index is 0.248. The molecule has 4 amide bonds. The second-order valence-electron chi connectivity index (χ2n) is 9.84. The Morgan fingerprint density at radius 2 is 1.84 bits per heavy atom. The molecule has 1 aliphatic heterocycles. The van der Waals surface area contributed by atoms with E-state index in [0.717, 1.165) is 23.3 Å². The number of likely N-dealkylation sites (tertiary alicyclic amines) is 1. The lowest BCUT2D eigenvalue weighted by Gasteiger charge is -2.53. The number of urea groups is 1. The van der Waals surface area contributed by atoms with Crippen molar-refractivity contribution in [2.24, 2.45) is 5.41 Å². The molecule has 0 aliphatic carbocycles. The normalized spacial score (nSPS) is 17.6. The van der Waals surface area contributed by atoms with E-state index in [9.17, 15) is 19.5 Å². The Morgan fingerprint density at radius 3 is 2.49 bits per heavy atom. The van der Waals surface area contributed by atoms with Crippen molar-refractivity contribution in [1.29, 1.82) is 0 Å². The maximum atomic E-state index is 13.8. The van der Waals surface area contributed by atoms with Crippen LogP contribution < -0.4 is 16.0 Å². The van der Waals surface area contributed by atoms with Crippen molar-refractivity contribution < 1.29 is 19.5 Å². The Bertz CT molecular complexity index is 1280. The number of hydrogen-bond acceptors (Lipinski definition) is 6. The van der Waals surface area contributed by atoms with Crippen LogP contribution in [0.1, 0.15) is 50.4 Å². The van der Waals surface area contributed by atoms with E-state index in [1.54, 1.807) is 6.07 Å². The fourth-order valence-corrected chi connectivity index (χ4v) is 5.66. The highest BCUT2D eigenvalue weighted by atomic mass is 32.1. The minimum atomic E-state index is -1.11. The molecule has 1 saturated heterocycles. The number of piperidine rings is 1. The first-order chi connectivity index (χ1) is 17.6. The molecule has 2 aromatic heterocycles. The number of thiophene rings is 1. The first-order valence-electron chi connectivity index (χ1n) is 12.0. The number of hydrogen-bond donors (Lipinski definition) is 4. The van der Waals surface area contributed by atoms with Gasteiger partial charge in [0.15, 0.2) is 5.82 Å². The lowest BCUT2D eigenvalue weighted by molar-refractivity contribution is -0.0434. The Morgan fingerprint density at radius 1 is 1.08 bits per heavy atom. The van der Waals surface area contributed by atoms with Crippen LogP contribution >= 0.6 is 11.3 Å². The van der Waals surface area contributed by atoms with Crippen LogP contribution in [-0.2, 0) is 0 Å². The predicted molar refractivity (Wildman–Crippen MR) is 143 cm³/mol. The summed E-state index contributed by atoms with van der Waals surface area (Å²) >= 11 is 1.26. The van der Waals surface area contributed by atoms with E-state index in [2.05, 4.69) is 25.9 Å². The van der Waals surface area contributed by atoms with E-state index in [1.807, 2.05) is 51.1 Å². The van der Waals surface area contributed by atoms with E-state index < -0.39 is 29.1 Å². The number of nitrogens with one attached hydrogen (secondary N) is 3. The van der Waals surface area contributed by atoms with Crippen molar-refractivity contribution in [3.8, 4) is 10.4 Å². The predicted octanol–water partition coefficient (Wildman–Crippen LogP) is 5.49. The Balaban J connectivity index is 1.69. The van der Waals surface area contributed by atoms with Gasteiger partial charge in [0.05, 0.1) is 11.8 Å². The molecule has 1 unspecified atom stereocenters. The van der Waals surface area contributed by atoms with Crippen molar-refractivity contribution in [2.45, 2.75) is 45.7 Å². The molecular formula is C26H30N6O4S. The van der Waals surface area contributed by atoms with Gasteiger partial charge in [0.2, 0.25) is 0 Å². The summed E-state index contributed by atoms with van der Waals surface area (Å²) in [5.74, 6) is -0.201. The van der Waals surface area contributed by atoms with Crippen LogP contribution in [0.5, 0.6) is 0 Å². The van der Waals surface area contributed by atoms with Crippen LogP contribution in [0.3, 0.4) is 0 Å². The molecule has 1 fully saturated rings. The Labute approximate surface area is 219 Å². The second kappa shape index (κ2) is 10.6. The molecular weight excluding hydrogens is 492 g/mol. The Kier molecular flexibility index (Phi) is 7.44. The van der Waals surface area contributed by atoms with Gasteiger partial charge >= 0.3 is 12.1 Å². The smallest absolute Gasteiger partial charge is 0.409 e. The molecule has 4 rings (SSSR count). The zero-order valence-corrected chi connectivity index (χ0v) is 21.8. The molecule has 3 aromatic rings. The molecule has 0 bridgehead atoms. The fraction of sp³-hybridized carbons (Fsp3) is 0.346. The average molecular weight is 523 g/mol. The number of amides is 4. The molecule has 3 heterocycles. The molecule has 194 valence electrons. The quantitative estimate of drug-likeness (QED) is 0.350. The highest BCUT2D eigenvalue weighted by Gasteiger charge is 2.51. The summed E-state index contributed by atoms with van der Waals surface area (Å²) in [7, 11) is 0. The summed E-state index contributed by atoms with van der Waals surface area (Å²) in [6.07, 6.45) is 5.28. The number of carbonyl (C=O) groups excluding carboxylic acids is 2. The van der Waals surface area contributed by atoms with Gasteiger partial charge in [-0.05, 0) is 30.9 Å². The average Bonchev–Trinajstić information content (AvgIpc) is 3.28. The third-order valence-electron chi connectivity index (χ3n) is 6.49. The molecule has 37 heavy (non-hydrogen) atoms. The molecule has 1 aromatic carbocycles. The lowest BCUT2D eigenvalue weighted by Crippen LogP contribution is -2.70. The maximum Gasteiger partial charge on any atom is 0.409 e. The second-order valence-corrected chi connectivity index (χ2v) is 10.9. The number of aromatic nitrogens is 2. The van der Waals surface area contributed by atoms with Crippen LogP contribution in [0.4, 0.5) is 20.4 Å². The van der Waals surface area contributed by atoms with E-state index in [-0.39, 0.29) is 11.4 Å². The molecule has 0 saturated carbocycles. The van der Waals surface area contributed by atoms with Crippen LogP contribution in [0.15, 0.2) is 55.0 Å². The zero-order valence-electron chi connectivity index (χ0n) is 20.9. The maximum absolute atomic E-state index is 13.8. The largest absolute Gasteiger partial charge is 0.465 e. The molecule has 0 spiro atoms. The van der Waals surface area contributed by atoms with Gasteiger partial charge in [-0.2, -0.15) is 0 Å². The van der Waals surface area contributed by atoms with Gasteiger partial charge in [0.1, 0.15) is 10.7 Å². The van der Waals surface area contributed by atoms with Gasteiger partial charge in [-0.25, -0.2) is 14.6 Å². The molecule has 10 nitrogen and oxygen atoms in total. The summed E-state index contributed by atoms with van der Waals surface area (Å²) in [5, 5.41) is 18.8. The topological polar surface area (TPSA) is 137 Å². The fourth-order valence-electron chi connectivity index (χ4n) is 4.60. The van der Waals surface area contributed by atoms with Gasteiger partial charge < -0.3 is 10.4 Å². The van der Waals surface area contributed by atoms with E-state index >= 15 is 0 Å². The van der Waals surface area contributed by atoms with Gasteiger partial charge in [-0.15, -0.1) is 11.3 Å². The molecule has 4 N–H and O–H groups in total. The molecule has 1 aliphatic rings. The summed E-state index contributed by atoms with van der Waals surface area (Å²) in [5.41, 5.74) is -0.559. The summed E-state index contributed by atoms with van der Waals surface area (Å²) in [6, 6.07) is 10.7. The standard InChI is InChI=1S/C26H30N6O4S/c1-25(2,3)26(11-7-8-14-32(26)24(35)36)31-21(33)18-15-19(17-9-5-4-6-10-17)37-22(18)30-23(34)29-20-16-27-12-13-28-20/h4-6,9-10,12-13,15-16H,7-8,11,14H2,1-3H3,(H,31,33)(H,35,36)(H2,28,29,30,34). The lowest BCUT2D eigenvalue weighted by atomic mass is 9.74. The third-order valence-corrected chi connectivity index (χ3v) is 7.59. The first kappa shape index (κ1) is 26.1. The highest BCUT2D eigenvalue weighted by molar-refractivity contribution is 7.20. The summed E-state index contributed by atoms with van der Waals surface area (Å²) in [6.45, 7) is 6.10. The van der Waals surface area contributed by atoms with Crippen molar-refractivity contribution in [3.05, 3.63) is 60.6 Å². The van der Waals surface area contributed by atoms with Crippen molar-refractivity contribution in [2.75, 3.05) is 17.2 Å².